The first-order chi connectivity index (χ1) is 11.5. The molecule has 0 radical (unpaired) electrons. The fourth-order valence-corrected chi connectivity index (χ4v) is 3.46. The Labute approximate surface area is 142 Å². The lowest BCUT2D eigenvalue weighted by Gasteiger charge is -2.36. The van der Waals surface area contributed by atoms with Crippen molar-refractivity contribution in [3.8, 4) is 0 Å². The molecule has 1 saturated heterocycles. The molecule has 0 saturated carbocycles. The number of hydrogen-bond donors (Lipinski definition) is 1. The number of aromatic amines is 1. The summed E-state index contributed by atoms with van der Waals surface area (Å²) in [6.07, 6.45) is 0. The Kier molecular flexibility index (Phi) is 4.42. The zero-order valence-electron chi connectivity index (χ0n) is 14.4. The topological polar surface area (TPSA) is 56.4 Å². The van der Waals surface area contributed by atoms with Crippen molar-refractivity contribution in [2.45, 2.75) is 20.8 Å². The fraction of sp³-hybridized carbons (Fsp3) is 0.368. The van der Waals surface area contributed by atoms with Gasteiger partial charge in [0.15, 0.2) is 5.78 Å². The maximum absolute atomic E-state index is 12.8. The van der Waals surface area contributed by atoms with Crippen LogP contribution >= 0.6 is 0 Å². The second kappa shape index (κ2) is 6.51. The lowest BCUT2D eigenvalue weighted by molar-refractivity contribution is 0.0740. The number of ketones is 1. The van der Waals surface area contributed by atoms with Crippen LogP contribution in [0.15, 0.2) is 30.3 Å². The van der Waals surface area contributed by atoms with Crippen molar-refractivity contribution in [2.24, 2.45) is 0 Å². The first-order valence-corrected chi connectivity index (χ1v) is 8.28. The normalized spacial score (nSPS) is 14.8. The van der Waals surface area contributed by atoms with Gasteiger partial charge in [-0.25, -0.2) is 0 Å². The van der Waals surface area contributed by atoms with E-state index in [1.165, 1.54) is 12.6 Å². The largest absolute Gasteiger partial charge is 0.368 e. The molecule has 1 fully saturated rings. The second-order valence-corrected chi connectivity index (χ2v) is 6.30. The van der Waals surface area contributed by atoms with Crippen LogP contribution in [0.25, 0.3) is 0 Å². The molecule has 1 aromatic heterocycles. The monoisotopic (exact) mass is 325 g/mol. The minimum atomic E-state index is -0.0178. The molecule has 1 aliphatic heterocycles. The van der Waals surface area contributed by atoms with Gasteiger partial charge in [0, 0.05) is 43.1 Å². The zero-order chi connectivity index (χ0) is 17.3. The summed E-state index contributed by atoms with van der Waals surface area (Å²) in [6.45, 7) is 8.21. The Hall–Kier alpha value is -2.56. The third-order valence-corrected chi connectivity index (χ3v) is 4.69. The van der Waals surface area contributed by atoms with Crippen LogP contribution in [0.5, 0.6) is 0 Å². The number of aryl methyl sites for hydroxylation is 1. The Bertz CT molecular complexity index is 756. The fourth-order valence-electron chi connectivity index (χ4n) is 3.46. The number of carbonyl (C=O) groups excluding carboxylic acids is 2. The summed E-state index contributed by atoms with van der Waals surface area (Å²) in [5.41, 5.74) is 3.91. The van der Waals surface area contributed by atoms with E-state index in [9.17, 15) is 9.59 Å². The van der Waals surface area contributed by atoms with Crippen molar-refractivity contribution in [1.29, 1.82) is 0 Å². The molecule has 0 aliphatic carbocycles. The highest BCUT2D eigenvalue weighted by Crippen LogP contribution is 2.21. The van der Waals surface area contributed by atoms with Gasteiger partial charge in [0.1, 0.15) is 5.69 Å². The summed E-state index contributed by atoms with van der Waals surface area (Å²) < 4.78 is 0. The van der Waals surface area contributed by atoms with Gasteiger partial charge in [-0.3, -0.25) is 9.59 Å². The minimum absolute atomic E-state index is 0.00537. The van der Waals surface area contributed by atoms with Crippen molar-refractivity contribution in [2.75, 3.05) is 31.1 Å². The van der Waals surface area contributed by atoms with Crippen LogP contribution in [0.2, 0.25) is 0 Å². The van der Waals surface area contributed by atoms with Crippen molar-refractivity contribution in [1.82, 2.24) is 9.88 Å². The molecule has 2 aromatic rings. The molecule has 0 spiro atoms. The molecule has 1 N–H and O–H groups in total. The molecule has 1 aliphatic rings. The number of amides is 1. The van der Waals surface area contributed by atoms with E-state index in [2.05, 4.69) is 22.0 Å². The van der Waals surface area contributed by atoms with E-state index in [1.807, 2.05) is 36.9 Å². The van der Waals surface area contributed by atoms with Crippen molar-refractivity contribution in [3.63, 3.8) is 0 Å². The van der Waals surface area contributed by atoms with Crippen LogP contribution in [-0.4, -0.2) is 47.8 Å². The van der Waals surface area contributed by atoms with Gasteiger partial charge in [-0.1, -0.05) is 18.2 Å². The van der Waals surface area contributed by atoms with Gasteiger partial charge in [0.05, 0.1) is 0 Å². The Balaban J connectivity index is 1.72. The molecule has 126 valence electrons. The number of para-hydroxylation sites is 1. The van der Waals surface area contributed by atoms with E-state index in [1.54, 1.807) is 0 Å². The molecular weight excluding hydrogens is 302 g/mol. The van der Waals surface area contributed by atoms with Crippen molar-refractivity contribution >= 4 is 17.4 Å². The first-order valence-electron chi connectivity index (χ1n) is 8.28. The number of Topliss-reactive ketones (excluding diaryl/α,β-unsaturated/α-hetero) is 1. The number of anilines is 1. The van der Waals surface area contributed by atoms with Gasteiger partial charge in [-0.15, -0.1) is 0 Å². The maximum Gasteiger partial charge on any atom is 0.270 e. The van der Waals surface area contributed by atoms with E-state index >= 15 is 0 Å². The van der Waals surface area contributed by atoms with E-state index < -0.39 is 0 Å². The number of rotatable bonds is 3. The molecule has 1 amide bonds. The molecule has 24 heavy (non-hydrogen) atoms. The molecule has 5 nitrogen and oxygen atoms in total. The summed E-state index contributed by atoms with van der Waals surface area (Å²) in [6, 6.07) is 10.2. The van der Waals surface area contributed by atoms with Crippen LogP contribution in [-0.2, 0) is 0 Å². The number of hydrogen-bond acceptors (Lipinski definition) is 3. The maximum atomic E-state index is 12.8. The number of benzene rings is 1. The Morgan fingerprint density at radius 3 is 2.17 bits per heavy atom. The first kappa shape index (κ1) is 16.3. The average Bonchev–Trinajstić information content (AvgIpc) is 2.89. The van der Waals surface area contributed by atoms with Crippen LogP contribution < -0.4 is 4.90 Å². The molecule has 0 atom stereocenters. The number of piperazine rings is 1. The number of aromatic nitrogens is 1. The van der Waals surface area contributed by atoms with Crippen LogP contribution in [0.4, 0.5) is 5.69 Å². The van der Waals surface area contributed by atoms with Crippen LogP contribution in [0, 0.1) is 13.8 Å². The SMILES string of the molecule is CC(=O)c1c(C)[nH]c(C(=O)N2CCN(c3ccccc3)CC2)c1C. The minimum Gasteiger partial charge on any atom is -0.368 e. The molecule has 3 rings (SSSR count). The highest BCUT2D eigenvalue weighted by molar-refractivity contribution is 6.02. The van der Waals surface area contributed by atoms with Crippen molar-refractivity contribution < 1.29 is 9.59 Å². The molecule has 2 heterocycles. The predicted molar refractivity (Wildman–Crippen MR) is 94.8 cm³/mol. The average molecular weight is 325 g/mol. The van der Waals surface area contributed by atoms with E-state index in [4.69, 9.17) is 0 Å². The van der Waals surface area contributed by atoms with Gasteiger partial charge in [-0.2, -0.15) is 0 Å². The number of carbonyl (C=O) groups is 2. The predicted octanol–water partition coefficient (Wildman–Crippen LogP) is 2.80. The smallest absolute Gasteiger partial charge is 0.270 e. The van der Waals surface area contributed by atoms with Crippen LogP contribution in [0.3, 0.4) is 0 Å². The third-order valence-electron chi connectivity index (χ3n) is 4.69. The van der Waals surface area contributed by atoms with E-state index in [0.29, 0.717) is 24.3 Å². The molecule has 0 bridgehead atoms. The van der Waals surface area contributed by atoms with Gasteiger partial charge < -0.3 is 14.8 Å². The van der Waals surface area contributed by atoms with Crippen molar-refractivity contribution in [3.05, 3.63) is 52.8 Å². The number of nitrogens with zero attached hydrogens (tertiary/aromatic N) is 2. The lowest BCUT2D eigenvalue weighted by atomic mass is 10.1. The standard InChI is InChI=1S/C19H23N3O2/c1-13-17(15(3)23)14(2)20-18(13)19(24)22-11-9-21(10-12-22)16-7-5-4-6-8-16/h4-8,20H,9-12H2,1-3H3. The second-order valence-electron chi connectivity index (χ2n) is 6.30. The quantitative estimate of drug-likeness (QED) is 0.883. The molecular formula is C19H23N3O2. The summed E-state index contributed by atoms with van der Waals surface area (Å²) in [7, 11) is 0. The zero-order valence-corrected chi connectivity index (χ0v) is 14.4. The summed E-state index contributed by atoms with van der Waals surface area (Å²) in [5, 5.41) is 0. The Morgan fingerprint density at radius 1 is 1.00 bits per heavy atom. The van der Waals surface area contributed by atoms with Gasteiger partial charge in [0.2, 0.25) is 0 Å². The highest BCUT2D eigenvalue weighted by atomic mass is 16.2. The van der Waals surface area contributed by atoms with Gasteiger partial charge in [0.25, 0.3) is 5.91 Å². The lowest BCUT2D eigenvalue weighted by Crippen LogP contribution is -2.49. The molecule has 1 aromatic carbocycles. The molecule has 0 unspecified atom stereocenters. The van der Waals surface area contributed by atoms with Gasteiger partial charge >= 0.3 is 0 Å². The number of H-pyrrole nitrogens is 1. The van der Waals surface area contributed by atoms with E-state index in [-0.39, 0.29) is 11.7 Å². The summed E-state index contributed by atoms with van der Waals surface area (Å²) in [4.78, 5) is 31.8. The summed E-state index contributed by atoms with van der Waals surface area (Å²) in [5.74, 6) is -0.0231. The number of nitrogens with one attached hydrogen (secondary N) is 1. The van der Waals surface area contributed by atoms with Gasteiger partial charge in [-0.05, 0) is 38.5 Å². The van der Waals surface area contributed by atoms with E-state index in [0.717, 1.165) is 24.3 Å². The Morgan fingerprint density at radius 2 is 1.62 bits per heavy atom. The van der Waals surface area contributed by atoms with Crippen LogP contribution in [0.1, 0.15) is 39.0 Å². The summed E-state index contributed by atoms with van der Waals surface area (Å²) >= 11 is 0. The molecule has 5 heteroatoms. The highest BCUT2D eigenvalue weighted by Gasteiger charge is 2.26. The third kappa shape index (κ3) is 2.94.